The molecule has 1 aromatic carbocycles. The van der Waals surface area contributed by atoms with E-state index in [0.717, 1.165) is 10.7 Å². The summed E-state index contributed by atoms with van der Waals surface area (Å²) in [6.45, 7) is -2.95. The Kier molecular flexibility index (Phi) is 6.24. The molecule has 0 atom stereocenters. The molecule has 0 spiro atoms. The van der Waals surface area contributed by atoms with Crippen molar-refractivity contribution in [1.29, 1.82) is 0 Å². The molecule has 3 aromatic rings. The molecule has 0 aliphatic carbocycles. The predicted octanol–water partition coefficient (Wildman–Crippen LogP) is 4.88. The van der Waals surface area contributed by atoms with Crippen LogP contribution in [-0.4, -0.2) is 23.3 Å². The van der Waals surface area contributed by atoms with Crippen molar-refractivity contribution >= 4 is 34.7 Å². The smallest absolute Gasteiger partial charge is 0.387 e. The fourth-order valence-electron chi connectivity index (χ4n) is 2.09. The van der Waals surface area contributed by atoms with E-state index >= 15 is 0 Å². The quantitative estimate of drug-likeness (QED) is 0.588. The molecule has 0 unspecified atom stereocenters. The molecule has 0 saturated carbocycles. The zero-order valence-corrected chi connectivity index (χ0v) is 15.0. The van der Waals surface area contributed by atoms with Gasteiger partial charge in [0.2, 0.25) is 5.91 Å². The Morgan fingerprint density at radius 1 is 1.31 bits per heavy atom. The number of hydrogen-bond acceptors (Lipinski definition) is 6. The fraction of sp³-hybridized carbons (Fsp3) is 0.176. The highest BCUT2D eigenvalue weighted by Gasteiger charge is 2.12. The highest BCUT2D eigenvalue weighted by Crippen LogP contribution is 2.27. The summed E-state index contributed by atoms with van der Waals surface area (Å²) in [4.78, 5) is 16.5. The van der Waals surface area contributed by atoms with Crippen molar-refractivity contribution in [3.8, 4) is 16.5 Å². The molecule has 1 amide bonds. The maximum Gasteiger partial charge on any atom is 0.387 e. The Labute approximate surface area is 156 Å². The molecule has 0 aliphatic rings. The molecule has 0 aliphatic heterocycles. The van der Waals surface area contributed by atoms with Crippen molar-refractivity contribution in [2.75, 3.05) is 11.1 Å². The van der Waals surface area contributed by atoms with Gasteiger partial charge in [-0.15, -0.1) is 23.1 Å². The van der Waals surface area contributed by atoms with Crippen LogP contribution in [0.15, 0.2) is 52.5 Å². The number of nitrogens with one attached hydrogen (secondary N) is 1. The maximum atomic E-state index is 12.4. The van der Waals surface area contributed by atoms with E-state index in [2.05, 4.69) is 15.0 Å². The minimum atomic E-state index is -2.95. The Hall–Kier alpha value is -2.39. The molecular formula is C17H14F2N2O3S2. The molecule has 0 fully saturated rings. The van der Waals surface area contributed by atoms with Gasteiger partial charge in [0.05, 0.1) is 23.4 Å². The Morgan fingerprint density at radius 2 is 2.15 bits per heavy atom. The van der Waals surface area contributed by atoms with E-state index in [1.807, 2.05) is 11.4 Å². The van der Waals surface area contributed by atoms with Crippen LogP contribution in [-0.2, 0) is 10.5 Å². The van der Waals surface area contributed by atoms with Gasteiger partial charge in [-0.25, -0.2) is 4.98 Å². The second-order valence-corrected chi connectivity index (χ2v) is 6.88. The second-order valence-electron chi connectivity index (χ2n) is 5.04. The zero-order chi connectivity index (χ0) is 18.4. The lowest BCUT2D eigenvalue weighted by Gasteiger charge is -2.11. The van der Waals surface area contributed by atoms with E-state index in [0.29, 0.717) is 11.5 Å². The van der Waals surface area contributed by atoms with Crippen LogP contribution in [0.5, 0.6) is 5.75 Å². The third-order valence-electron chi connectivity index (χ3n) is 3.14. The summed E-state index contributed by atoms with van der Waals surface area (Å²) in [5.74, 6) is 1.06. The van der Waals surface area contributed by atoms with Crippen LogP contribution in [0.1, 0.15) is 5.69 Å². The predicted molar refractivity (Wildman–Crippen MR) is 97.7 cm³/mol. The van der Waals surface area contributed by atoms with Gasteiger partial charge in [0.25, 0.3) is 0 Å². The number of ether oxygens (including phenoxy) is 1. The molecule has 1 N–H and O–H groups in total. The van der Waals surface area contributed by atoms with Crippen LogP contribution in [0.3, 0.4) is 0 Å². The van der Waals surface area contributed by atoms with E-state index in [-0.39, 0.29) is 23.1 Å². The van der Waals surface area contributed by atoms with Gasteiger partial charge < -0.3 is 14.5 Å². The Morgan fingerprint density at radius 3 is 2.92 bits per heavy atom. The van der Waals surface area contributed by atoms with Gasteiger partial charge in [-0.2, -0.15) is 8.78 Å². The molecule has 26 heavy (non-hydrogen) atoms. The first-order valence-electron chi connectivity index (χ1n) is 7.51. The number of amides is 1. The lowest BCUT2D eigenvalue weighted by molar-refractivity contribution is -0.113. The van der Waals surface area contributed by atoms with Crippen LogP contribution in [0.2, 0.25) is 0 Å². The zero-order valence-electron chi connectivity index (χ0n) is 13.4. The summed E-state index contributed by atoms with van der Waals surface area (Å²) in [6, 6.07) is 9.71. The van der Waals surface area contributed by atoms with Crippen molar-refractivity contribution in [2.24, 2.45) is 0 Å². The number of rotatable bonds is 8. The number of benzene rings is 1. The molecule has 5 nitrogen and oxygen atoms in total. The topological polar surface area (TPSA) is 64.4 Å². The van der Waals surface area contributed by atoms with Gasteiger partial charge in [0.15, 0.2) is 10.8 Å². The van der Waals surface area contributed by atoms with Gasteiger partial charge in [-0.05, 0) is 24.3 Å². The number of hydrogen-bond donors (Lipinski definition) is 1. The average molecular weight is 396 g/mol. The summed E-state index contributed by atoms with van der Waals surface area (Å²) in [5, 5.41) is 5.28. The summed E-state index contributed by atoms with van der Waals surface area (Å²) in [6.07, 6.45) is 1.59. The Bertz CT molecular complexity index is 853. The molecule has 3 rings (SSSR count). The lowest BCUT2D eigenvalue weighted by Crippen LogP contribution is -2.15. The fourth-order valence-corrected chi connectivity index (χ4v) is 3.70. The number of carbonyl (C=O) groups is 1. The van der Waals surface area contributed by atoms with E-state index in [9.17, 15) is 13.6 Å². The first-order chi connectivity index (χ1) is 12.6. The van der Waals surface area contributed by atoms with E-state index in [4.69, 9.17) is 4.42 Å². The molecule has 136 valence electrons. The largest absolute Gasteiger partial charge is 0.462 e. The molecule has 0 saturated heterocycles. The first-order valence-corrected chi connectivity index (χ1v) is 9.55. The number of nitrogens with zero attached hydrogens (tertiary/aromatic N) is 1. The summed E-state index contributed by atoms with van der Waals surface area (Å²) in [7, 11) is 0. The third kappa shape index (κ3) is 5.06. The monoisotopic (exact) mass is 396 g/mol. The number of para-hydroxylation sites is 2. The number of alkyl halides is 2. The van der Waals surface area contributed by atoms with Gasteiger partial charge in [-0.3, -0.25) is 4.79 Å². The summed E-state index contributed by atoms with van der Waals surface area (Å²) in [5.41, 5.74) is 1.06. The maximum absolute atomic E-state index is 12.4. The van der Waals surface area contributed by atoms with Crippen LogP contribution in [0.25, 0.3) is 10.8 Å². The van der Waals surface area contributed by atoms with Crippen LogP contribution in [0, 0.1) is 0 Å². The molecular weight excluding hydrogens is 382 g/mol. The van der Waals surface area contributed by atoms with Gasteiger partial charge in [0, 0.05) is 11.1 Å². The number of aromatic nitrogens is 1. The Balaban J connectivity index is 1.49. The number of furan rings is 1. The number of carbonyl (C=O) groups excluding carboxylic acids is 1. The normalized spacial score (nSPS) is 10.9. The van der Waals surface area contributed by atoms with E-state index in [1.54, 1.807) is 24.5 Å². The van der Waals surface area contributed by atoms with Crippen molar-refractivity contribution in [2.45, 2.75) is 12.4 Å². The first kappa shape index (κ1) is 18.4. The summed E-state index contributed by atoms with van der Waals surface area (Å²) >= 11 is 2.85. The number of anilines is 1. The molecule has 2 aromatic heterocycles. The van der Waals surface area contributed by atoms with E-state index < -0.39 is 6.61 Å². The standard InChI is InChI=1S/C17H14F2N2O3S2/c18-17(19)24-13-5-2-1-4-12(13)21-15(22)10-25-8-11-9-26-16(20-11)14-6-3-7-23-14/h1-7,9,17H,8,10H2,(H,21,22). The van der Waals surface area contributed by atoms with Gasteiger partial charge >= 0.3 is 6.61 Å². The van der Waals surface area contributed by atoms with Crippen LogP contribution < -0.4 is 10.1 Å². The number of thiazole rings is 1. The molecule has 0 radical (unpaired) electrons. The molecule has 9 heteroatoms. The molecule has 2 heterocycles. The number of thioether (sulfide) groups is 1. The van der Waals surface area contributed by atoms with Crippen LogP contribution >= 0.6 is 23.1 Å². The van der Waals surface area contributed by atoms with Crippen molar-refractivity contribution in [3.05, 3.63) is 53.7 Å². The van der Waals surface area contributed by atoms with E-state index in [1.165, 1.54) is 35.2 Å². The van der Waals surface area contributed by atoms with Gasteiger partial charge in [-0.1, -0.05) is 12.1 Å². The van der Waals surface area contributed by atoms with Crippen LogP contribution in [0.4, 0.5) is 14.5 Å². The third-order valence-corrected chi connectivity index (χ3v) is 5.02. The average Bonchev–Trinajstić information content (AvgIpc) is 3.27. The highest BCUT2D eigenvalue weighted by molar-refractivity contribution is 7.99. The highest BCUT2D eigenvalue weighted by atomic mass is 32.2. The summed E-state index contributed by atoms with van der Waals surface area (Å²) < 4.78 is 34.4. The second kappa shape index (κ2) is 8.81. The SMILES string of the molecule is O=C(CSCc1csc(-c2ccco2)n1)Nc1ccccc1OC(F)F. The minimum absolute atomic E-state index is 0.0663. The lowest BCUT2D eigenvalue weighted by atomic mass is 10.3. The van der Waals surface area contributed by atoms with Gasteiger partial charge in [0.1, 0.15) is 5.75 Å². The van der Waals surface area contributed by atoms with Crippen molar-refractivity contribution in [1.82, 2.24) is 4.98 Å². The van der Waals surface area contributed by atoms with Crippen molar-refractivity contribution in [3.63, 3.8) is 0 Å². The minimum Gasteiger partial charge on any atom is -0.462 e. The molecule has 0 bridgehead atoms. The number of halogens is 2. The van der Waals surface area contributed by atoms with Crippen molar-refractivity contribution < 1.29 is 22.7 Å².